The molecule has 0 aliphatic heterocycles. The number of allylic oxidation sites excluding steroid dienone is 1. The van der Waals surface area contributed by atoms with Gasteiger partial charge >= 0.3 is 5.97 Å². The molecule has 0 spiro atoms. The first-order valence-electron chi connectivity index (χ1n) is 9.74. The second-order valence-electron chi connectivity index (χ2n) is 8.80. The monoisotopic (exact) mass is 503 g/mol. The SMILES string of the molecule is CSc1cc(Br)ccc1[C@H](CCC/C=C/C(=O)OC(C)(C)C)N[S+]([O-])C(C)(C)C. The summed E-state index contributed by atoms with van der Waals surface area (Å²) in [6.07, 6.45) is 7.83. The number of thioether (sulfide) groups is 1. The molecule has 0 fully saturated rings. The molecule has 4 nitrogen and oxygen atoms in total. The Bertz CT molecular complexity index is 696. The minimum Gasteiger partial charge on any atom is -0.598 e. The summed E-state index contributed by atoms with van der Waals surface area (Å²) in [7, 11) is 0. The number of hydrogen-bond acceptors (Lipinski definition) is 5. The first kappa shape index (κ1) is 26.6. The molecule has 1 aromatic carbocycles. The van der Waals surface area contributed by atoms with Crippen molar-refractivity contribution in [3.8, 4) is 0 Å². The third-order valence-electron chi connectivity index (χ3n) is 3.90. The molecule has 0 aliphatic carbocycles. The molecule has 1 aromatic rings. The zero-order valence-electron chi connectivity index (χ0n) is 18.5. The molecule has 0 aliphatic rings. The molecule has 0 saturated heterocycles. The topological polar surface area (TPSA) is 61.4 Å². The van der Waals surface area contributed by atoms with Crippen molar-refractivity contribution in [2.45, 2.75) is 82.1 Å². The van der Waals surface area contributed by atoms with Gasteiger partial charge in [0.2, 0.25) is 0 Å². The van der Waals surface area contributed by atoms with Crippen LogP contribution in [0.2, 0.25) is 0 Å². The van der Waals surface area contributed by atoms with E-state index in [0.29, 0.717) is 0 Å². The number of benzene rings is 1. The number of rotatable bonds is 9. The molecule has 0 saturated carbocycles. The van der Waals surface area contributed by atoms with Crippen LogP contribution in [0.5, 0.6) is 0 Å². The molecule has 1 N–H and O–H groups in total. The van der Waals surface area contributed by atoms with Crippen LogP contribution in [0.1, 0.15) is 72.4 Å². The summed E-state index contributed by atoms with van der Waals surface area (Å²) in [5, 5.41) is 0. The fraction of sp³-hybridized carbons (Fsp3) is 0.591. The quantitative estimate of drug-likeness (QED) is 0.140. The minimum absolute atomic E-state index is 0.0273. The molecule has 7 heteroatoms. The Morgan fingerprint density at radius 3 is 2.52 bits per heavy atom. The number of carbonyl (C=O) groups excluding carboxylic acids is 1. The van der Waals surface area contributed by atoms with E-state index in [0.717, 1.165) is 34.2 Å². The molecule has 164 valence electrons. The van der Waals surface area contributed by atoms with Crippen LogP contribution in [-0.4, -0.2) is 27.1 Å². The second kappa shape index (κ2) is 11.8. The second-order valence-corrected chi connectivity index (χ2v) is 12.6. The summed E-state index contributed by atoms with van der Waals surface area (Å²) in [6.45, 7) is 11.5. The first-order chi connectivity index (χ1) is 13.3. The van der Waals surface area contributed by atoms with Gasteiger partial charge in [0, 0.05) is 26.8 Å². The molecule has 1 unspecified atom stereocenters. The summed E-state index contributed by atoms with van der Waals surface area (Å²) in [5.41, 5.74) is 0.665. The third-order valence-corrected chi connectivity index (χ3v) is 6.80. The Morgan fingerprint density at radius 1 is 1.31 bits per heavy atom. The number of halogens is 1. The van der Waals surface area contributed by atoms with Crippen LogP contribution >= 0.6 is 27.7 Å². The zero-order chi connectivity index (χ0) is 22.2. The maximum atomic E-state index is 12.7. The summed E-state index contributed by atoms with van der Waals surface area (Å²) in [5.74, 6) is -0.321. The van der Waals surface area contributed by atoms with Crippen molar-refractivity contribution in [2.24, 2.45) is 0 Å². The number of unbranched alkanes of at least 4 members (excludes halogenated alkanes) is 1. The van der Waals surface area contributed by atoms with E-state index in [9.17, 15) is 9.35 Å². The molecule has 29 heavy (non-hydrogen) atoms. The van der Waals surface area contributed by atoms with E-state index in [1.165, 1.54) is 6.08 Å². The van der Waals surface area contributed by atoms with E-state index in [1.54, 1.807) is 11.8 Å². The summed E-state index contributed by atoms with van der Waals surface area (Å²) in [4.78, 5) is 12.9. The van der Waals surface area contributed by atoms with Gasteiger partial charge in [0.25, 0.3) is 0 Å². The van der Waals surface area contributed by atoms with Gasteiger partial charge < -0.3 is 9.29 Å². The van der Waals surface area contributed by atoms with Crippen molar-refractivity contribution in [3.63, 3.8) is 0 Å². The Kier molecular flexibility index (Phi) is 10.8. The largest absolute Gasteiger partial charge is 0.598 e. The predicted octanol–water partition coefficient (Wildman–Crippen LogP) is 6.33. The standard InChI is InChI=1S/C22H34BrNO3S2/c1-21(2,3)27-20(25)12-10-8-9-11-18(24-29(26)22(4,5)6)17-14-13-16(23)15-19(17)28-7/h10,12-15,18,24H,8-9,11H2,1-7H3/b12-10+/t18-,29?/m0/s1. The van der Waals surface area contributed by atoms with E-state index in [4.69, 9.17) is 4.74 Å². The lowest BCUT2D eigenvalue weighted by molar-refractivity contribution is -0.148. The molecule has 0 aromatic heterocycles. The summed E-state index contributed by atoms with van der Waals surface area (Å²) >= 11 is 4.04. The lowest BCUT2D eigenvalue weighted by Gasteiger charge is -2.29. The lowest BCUT2D eigenvalue weighted by atomic mass is 10.0. The normalized spacial score (nSPS) is 14.8. The van der Waals surface area contributed by atoms with Crippen LogP contribution in [0.15, 0.2) is 39.7 Å². The van der Waals surface area contributed by atoms with E-state index in [-0.39, 0.29) is 16.8 Å². The van der Waals surface area contributed by atoms with Crippen molar-refractivity contribution in [1.29, 1.82) is 0 Å². The average molecular weight is 505 g/mol. The molecule has 0 heterocycles. The Morgan fingerprint density at radius 2 is 1.97 bits per heavy atom. The van der Waals surface area contributed by atoms with Gasteiger partial charge in [-0.15, -0.1) is 16.5 Å². The van der Waals surface area contributed by atoms with Crippen LogP contribution < -0.4 is 4.72 Å². The van der Waals surface area contributed by atoms with Crippen molar-refractivity contribution < 1.29 is 14.1 Å². The van der Waals surface area contributed by atoms with E-state index in [2.05, 4.69) is 32.8 Å². The molecular formula is C22H34BrNO3S2. The highest BCUT2D eigenvalue weighted by Crippen LogP contribution is 2.33. The molecule has 0 bridgehead atoms. The first-order valence-corrected chi connectivity index (χ1v) is 12.9. The molecular weight excluding hydrogens is 470 g/mol. The maximum Gasteiger partial charge on any atom is 0.330 e. The van der Waals surface area contributed by atoms with Gasteiger partial charge in [0.05, 0.1) is 6.04 Å². The van der Waals surface area contributed by atoms with Gasteiger partial charge in [-0.1, -0.05) is 28.1 Å². The van der Waals surface area contributed by atoms with E-state index >= 15 is 0 Å². The number of esters is 1. The maximum absolute atomic E-state index is 12.7. The Labute approximate surface area is 192 Å². The number of carbonyl (C=O) groups is 1. The third kappa shape index (κ3) is 10.4. The lowest BCUT2D eigenvalue weighted by Crippen LogP contribution is -2.41. The van der Waals surface area contributed by atoms with Crippen LogP contribution in [0.4, 0.5) is 0 Å². The van der Waals surface area contributed by atoms with Crippen LogP contribution in [0.3, 0.4) is 0 Å². The van der Waals surface area contributed by atoms with Crippen LogP contribution in [0.25, 0.3) is 0 Å². The van der Waals surface area contributed by atoms with E-state index < -0.39 is 17.0 Å². The molecule has 0 radical (unpaired) electrons. The zero-order valence-corrected chi connectivity index (χ0v) is 21.7. The van der Waals surface area contributed by atoms with Gasteiger partial charge in [0.15, 0.2) is 0 Å². The Hall–Kier alpha value is -0.470. The van der Waals surface area contributed by atoms with E-state index in [1.807, 2.05) is 59.9 Å². The highest BCUT2D eigenvalue weighted by Gasteiger charge is 2.30. The molecule has 1 rings (SSSR count). The fourth-order valence-corrected chi connectivity index (χ4v) is 4.57. The van der Waals surface area contributed by atoms with Gasteiger partial charge in [0.1, 0.15) is 10.3 Å². The van der Waals surface area contributed by atoms with Crippen molar-refractivity contribution in [1.82, 2.24) is 4.72 Å². The number of ether oxygens (including phenoxy) is 1. The smallest absolute Gasteiger partial charge is 0.330 e. The summed E-state index contributed by atoms with van der Waals surface area (Å²) < 4.78 is 22.0. The van der Waals surface area contributed by atoms with Crippen molar-refractivity contribution in [2.75, 3.05) is 6.26 Å². The highest BCUT2D eigenvalue weighted by atomic mass is 79.9. The van der Waals surface area contributed by atoms with Crippen LogP contribution in [0, 0.1) is 0 Å². The fourth-order valence-electron chi connectivity index (χ4n) is 2.51. The van der Waals surface area contributed by atoms with Gasteiger partial charge in [-0.25, -0.2) is 4.79 Å². The molecule has 2 atom stereocenters. The predicted molar refractivity (Wildman–Crippen MR) is 129 cm³/mol. The van der Waals surface area contributed by atoms with Gasteiger partial charge in [-0.05, 0) is 84.8 Å². The molecule has 0 amide bonds. The highest BCUT2D eigenvalue weighted by molar-refractivity contribution is 9.10. The van der Waals surface area contributed by atoms with Gasteiger partial charge in [-0.3, -0.25) is 0 Å². The number of nitrogens with one attached hydrogen (secondary N) is 1. The van der Waals surface area contributed by atoms with Gasteiger partial charge in [-0.2, -0.15) is 0 Å². The average Bonchev–Trinajstić information content (AvgIpc) is 2.57. The minimum atomic E-state index is -1.17. The van der Waals surface area contributed by atoms with Crippen molar-refractivity contribution in [3.05, 3.63) is 40.4 Å². The van der Waals surface area contributed by atoms with Crippen LogP contribution in [-0.2, 0) is 20.9 Å². The number of hydrogen-bond donors (Lipinski definition) is 1. The van der Waals surface area contributed by atoms with Crippen molar-refractivity contribution >= 4 is 45.0 Å². The summed E-state index contributed by atoms with van der Waals surface area (Å²) in [6, 6.07) is 6.17. The Balaban J connectivity index is 2.82.